The Morgan fingerprint density at radius 3 is 2.29 bits per heavy atom. The number of nitrogens with one attached hydrogen (secondary N) is 1. The lowest BCUT2D eigenvalue weighted by molar-refractivity contribution is 0.105. The van der Waals surface area contributed by atoms with E-state index >= 15 is 0 Å². The van der Waals surface area contributed by atoms with Crippen LogP contribution in [0.2, 0.25) is 0 Å². The highest BCUT2D eigenvalue weighted by Crippen LogP contribution is 2.15. The van der Waals surface area contributed by atoms with Crippen molar-refractivity contribution in [3.05, 3.63) is 35.4 Å². The number of likely N-dealkylation sites (N-methyl/N-ethyl adjacent to an activating group) is 1. The van der Waals surface area contributed by atoms with Gasteiger partial charge in [0.15, 0.2) is 0 Å². The van der Waals surface area contributed by atoms with E-state index in [1.54, 1.807) is 0 Å². The third-order valence-corrected chi connectivity index (χ3v) is 3.50. The van der Waals surface area contributed by atoms with Gasteiger partial charge in [0.05, 0.1) is 13.2 Å². The van der Waals surface area contributed by atoms with Gasteiger partial charge in [-0.05, 0) is 43.6 Å². The van der Waals surface area contributed by atoms with Crippen LogP contribution < -0.4 is 5.32 Å². The molecule has 3 heteroatoms. The minimum Gasteiger partial charge on any atom is -0.375 e. The molecule has 0 amide bonds. The van der Waals surface area contributed by atoms with Crippen molar-refractivity contribution in [3.63, 3.8) is 0 Å². The molecule has 1 aromatic carbocycles. The van der Waals surface area contributed by atoms with E-state index in [0.717, 1.165) is 26.2 Å². The van der Waals surface area contributed by atoms with E-state index in [1.165, 1.54) is 11.1 Å². The van der Waals surface area contributed by atoms with Gasteiger partial charge in [-0.1, -0.05) is 45.0 Å². The quantitative estimate of drug-likeness (QED) is 0.671. The number of nitrogens with zero attached hydrogens (tertiary/aromatic N) is 1. The molecule has 0 saturated heterocycles. The van der Waals surface area contributed by atoms with E-state index < -0.39 is 0 Å². The highest BCUT2D eigenvalue weighted by molar-refractivity contribution is 5.24. The number of ether oxygens (including phenoxy) is 1. The topological polar surface area (TPSA) is 24.5 Å². The van der Waals surface area contributed by atoms with Crippen LogP contribution in [-0.2, 0) is 11.3 Å². The first kappa shape index (κ1) is 18.1. The Labute approximate surface area is 130 Å². The van der Waals surface area contributed by atoms with Crippen LogP contribution in [0.15, 0.2) is 24.3 Å². The van der Waals surface area contributed by atoms with E-state index in [4.69, 9.17) is 4.74 Å². The zero-order chi connectivity index (χ0) is 15.7. The number of hydrogen-bond donors (Lipinski definition) is 1. The number of rotatable bonds is 10. The molecule has 0 aliphatic rings. The summed E-state index contributed by atoms with van der Waals surface area (Å²) in [5.41, 5.74) is 2.64. The van der Waals surface area contributed by atoms with Gasteiger partial charge in [0, 0.05) is 13.1 Å². The summed E-state index contributed by atoms with van der Waals surface area (Å²) < 4.78 is 5.67. The second-order valence-electron chi connectivity index (χ2n) is 6.55. The summed E-state index contributed by atoms with van der Waals surface area (Å²) in [4.78, 5) is 2.13. The van der Waals surface area contributed by atoms with Crippen molar-refractivity contribution in [1.29, 1.82) is 0 Å². The van der Waals surface area contributed by atoms with E-state index in [-0.39, 0.29) is 0 Å². The van der Waals surface area contributed by atoms with Gasteiger partial charge in [0.25, 0.3) is 0 Å². The molecule has 3 nitrogen and oxygen atoms in total. The highest BCUT2D eigenvalue weighted by atomic mass is 16.5. The predicted octanol–water partition coefficient (Wildman–Crippen LogP) is 3.11. The largest absolute Gasteiger partial charge is 0.375 e. The second kappa shape index (κ2) is 9.93. The molecule has 0 fully saturated rings. The molecule has 0 bridgehead atoms. The maximum Gasteiger partial charge on any atom is 0.0717 e. The fraction of sp³-hybridized carbons (Fsp3) is 0.667. The molecule has 120 valence electrons. The van der Waals surface area contributed by atoms with Gasteiger partial charge in [-0.25, -0.2) is 0 Å². The van der Waals surface area contributed by atoms with Crippen LogP contribution in [0.3, 0.4) is 0 Å². The van der Waals surface area contributed by atoms with Gasteiger partial charge in [-0.2, -0.15) is 0 Å². The summed E-state index contributed by atoms with van der Waals surface area (Å²) in [6, 6.07) is 8.83. The Hall–Kier alpha value is -0.900. The molecule has 1 atom stereocenters. The first-order valence-corrected chi connectivity index (χ1v) is 8.01. The first-order valence-electron chi connectivity index (χ1n) is 8.01. The van der Waals surface area contributed by atoms with Crippen LogP contribution in [-0.4, -0.2) is 45.2 Å². The SMILES string of the molecule is CC(C)CNCC(C)c1ccc(COCCN(C)C)cc1. The normalized spacial score (nSPS) is 13.1. The summed E-state index contributed by atoms with van der Waals surface area (Å²) in [5.74, 6) is 1.26. The van der Waals surface area contributed by atoms with E-state index in [2.05, 4.69) is 69.3 Å². The van der Waals surface area contributed by atoms with Crippen LogP contribution in [0, 0.1) is 5.92 Å². The van der Waals surface area contributed by atoms with Crippen molar-refractivity contribution in [2.45, 2.75) is 33.3 Å². The van der Waals surface area contributed by atoms with Gasteiger partial charge in [0.2, 0.25) is 0 Å². The fourth-order valence-electron chi connectivity index (χ4n) is 2.09. The van der Waals surface area contributed by atoms with Gasteiger partial charge in [-0.15, -0.1) is 0 Å². The average Bonchev–Trinajstić information content (AvgIpc) is 2.43. The maximum absolute atomic E-state index is 5.67. The van der Waals surface area contributed by atoms with Crippen molar-refractivity contribution < 1.29 is 4.74 Å². The van der Waals surface area contributed by atoms with Crippen LogP contribution in [0.4, 0.5) is 0 Å². The van der Waals surface area contributed by atoms with Crippen molar-refractivity contribution >= 4 is 0 Å². The molecular formula is C18H32N2O. The molecule has 1 rings (SSSR count). The van der Waals surface area contributed by atoms with Crippen LogP contribution in [0.5, 0.6) is 0 Å². The summed E-state index contributed by atoms with van der Waals surface area (Å²) >= 11 is 0. The Morgan fingerprint density at radius 2 is 1.71 bits per heavy atom. The maximum atomic E-state index is 5.67. The molecular weight excluding hydrogens is 260 g/mol. The minimum absolute atomic E-state index is 0.549. The number of hydrogen-bond acceptors (Lipinski definition) is 3. The number of benzene rings is 1. The second-order valence-corrected chi connectivity index (χ2v) is 6.55. The summed E-state index contributed by atoms with van der Waals surface area (Å²) in [7, 11) is 4.12. The highest BCUT2D eigenvalue weighted by Gasteiger charge is 2.05. The molecule has 0 spiro atoms. The Kier molecular flexibility index (Phi) is 8.58. The van der Waals surface area contributed by atoms with Crippen LogP contribution >= 0.6 is 0 Å². The standard InChI is InChI=1S/C18H32N2O/c1-15(2)12-19-13-16(3)18-8-6-17(7-9-18)14-21-11-10-20(4)5/h6-9,15-16,19H,10-14H2,1-5H3. The molecule has 21 heavy (non-hydrogen) atoms. The zero-order valence-corrected chi connectivity index (χ0v) is 14.4. The Balaban J connectivity index is 2.32. The molecule has 0 aliphatic heterocycles. The molecule has 0 radical (unpaired) electrons. The van der Waals surface area contributed by atoms with E-state index in [0.29, 0.717) is 18.4 Å². The lowest BCUT2D eigenvalue weighted by Gasteiger charge is -2.15. The molecule has 1 unspecified atom stereocenters. The molecule has 1 N–H and O–H groups in total. The summed E-state index contributed by atoms with van der Waals surface area (Å²) in [6.45, 7) is 11.3. The lowest BCUT2D eigenvalue weighted by Crippen LogP contribution is -2.24. The monoisotopic (exact) mass is 292 g/mol. The predicted molar refractivity (Wildman–Crippen MR) is 90.8 cm³/mol. The van der Waals surface area contributed by atoms with Crippen molar-refractivity contribution in [1.82, 2.24) is 10.2 Å². The molecule has 0 heterocycles. The van der Waals surface area contributed by atoms with Gasteiger partial charge < -0.3 is 15.0 Å². The van der Waals surface area contributed by atoms with Gasteiger partial charge >= 0.3 is 0 Å². The van der Waals surface area contributed by atoms with Crippen molar-refractivity contribution in [3.8, 4) is 0 Å². The van der Waals surface area contributed by atoms with Crippen molar-refractivity contribution in [2.24, 2.45) is 5.92 Å². The van der Waals surface area contributed by atoms with Gasteiger partial charge in [-0.3, -0.25) is 0 Å². The molecule has 0 saturated carbocycles. The van der Waals surface area contributed by atoms with E-state index in [1.807, 2.05) is 0 Å². The lowest BCUT2D eigenvalue weighted by atomic mass is 10.00. The average molecular weight is 292 g/mol. The summed E-state index contributed by atoms with van der Waals surface area (Å²) in [6.07, 6.45) is 0. The first-order chi connectivity index (χ1) is 9.99. The van der Waals surface area contributed by atoms with E-state index in [9.17, 15) is 0 Å². The third kappa shape index (κ3) is 8.20. The van der Waals surface area contributed by atoms with Gasteiger partial charge in [0.1, 0.15) is 0 Å². The smallest absolute Gasteiger partial charge is 0.0717 e. The molecule has 0 aromatic heterocycles. The van der Waals surface area contributed by atoms with Crippen LogP contribution in [0.1, 0.15) is 37.8 Å². The molecule has 1 aromatic rings. The Morgan fingerprint density at radius 1 is 1.05 bits per heavy atom. The zero-order valence-electron chi connectivity index (χ0n) is 14.4. The molecule has 0 aliphatic carbocycles. The Bertz CT molecular complexity index is 373. The van der Waals surface area contributed by atoms with Crippen molar-refractivity contribution in [2.75, 3.05) is 40.3 Å². The van der Waals surface area contributed by atoms with Crippen LogP contribution in [0.25, 0.3) is 0 Å². The fourth-order valence-corrected chi connectivity index (χ4v) is 2.09. The summed E-state index contributed by atoms with van der Waals surface area (Å²) in [5, 5.41) is 3.52. The third-order valence-electron chi connectivity index (χ3n) is 3.50. The minimum atomic E-state index is 0.549.